The van der Waals surface area contributed by atoms with E-state index in [1.54, 1.807) is 0 Å². The summed E-state index contributed by atoms with van der Waals surface area (Å²) in [4.78, 5) is 5.76. The Labute approximate surface area is 120 Å². The Morgan fingerprint density at radius 1 is 1.53 bits per heavy atom. The van der Waals surface area contributed by atoms with Crippen molar-refractivity contribution in [3.63, 3.8) is 0 Å². The molecule has 0 saturated carbocycles. The summed E-state index contributed by atoms with van der Waals surface area (Å²) < 4.78 is 5.86. The van der Waals surface area contributed by atoms with E-state index in [2.05, 4.69) is 44.9 Å². The minimum Gasteiger partial charge on any atom is -0.378 e. The van der Waals surface area contributed by atoms with Gasteiger partial charge < -0.3 is 10.1 Å². The first-order chi connectivity index (χ1) is 8.81. The minimum atomic E-state index is 0.152. The molecule has 2 rings (SSSR count). The molecule has 0 amide bonds. The summed E-state index contributed by atoms with van der Waals surface area (Å²) in [6, 6.07) is 0. The lowest BCUT2D eigenvalue weighted by molar-refractivity contribution is 0.0601. The molecule has 0 bridgehead atoms. The van der Waals surface area contributed by atoms with E-state index in [0.29, 0.717) is 6.10 Å². The number of hydrogen-bond acceptors (Lipinski definition) is 4. The standard InChI is InChI=1S/C15H26N2OS/c1-11-15(6-7-18-11,10-17-14(3,4)5)8-13-9-16-12(2)19-13/h9,11,17H,6-8,10H2,1-5H3. The highest BCUT2D eigenvalue weighted by Gasteiger charge is 2.42. The van der Waals surface area contributed by atoms with Gasteiger partial charge in [-0.25, -0.2) is 4.98 Å². The average molecular weight is 282 g/mol. The molecule has 1 aliphatic heterocycles. The molecule has 1 aromatic rings. The van der Waals surface area contributed by atoms with Crippen LogP contribution in [-0.4, -0.2) is 29.8 Å². The lowest BCUT2D eigenvalue weighted by Crippen LogP contribution is -2.47. The summed E-state index contributed by atoms with van der Waals surface area (Å²) in [5.74, 6) is 0. The number of nitrogens with zero attached hydrogens (tertiary/aromatic N) is 1. The van der Waals surface area contributed by atoms with Crippen LogP contribution in [0.4, 0.5) is 0 Å². The van der Waals surface area contributed by atoms with E-state index >= 15 is 0 Å². The first-order valence-corrected chi connectivity index (χ1v) is 7.90. The number of ether oxygens (including phenoxy) is 1. The van der Waals surface area contributed by atoms with E-state index in [1.807, 2.05) is 17.5 Å². The topological polar surface area (TPSA) is 34.2 Å². The van der Waals surface area contributed by atoms with Gasteiger partial charge in [0.05, 0.1) is 11.1 Å². The third-order valence-corrected chi connectivity index (χ3v) is 4.91. The molecular formula is C15H26N2OS. The highest BCUT2D eigenvalue weighted by Crippen LogP contribution is 2.39. The fourth-order valence-corrected chi connectivity index (χ4v) is 3.57. The van der Waals surface area contributed by atoms with Gasteiger partial charge in [0.25, 0.3) is 0 Å². The molecule has 2 atom stereocenters. The number of nitrogens with one attached hydrogen (secondary N) is 1. The second-order valence-electron chi connectivity index (χ2n) is 6.75. The van der Waals surface area contributed by atoms with Crippen molar-refractivity contribution in [3.05, 3.63) is 16.1 Å². The third kappa shape index (κ3) is 3.77. The quantitative estimate of drug-likeness (QED) is 0.921. The van der Waals surface area contributed by atoms with Gasteiger partial charge in [-0.3, -0.25) is 0 Å². The summed E-state index contributed by atoms with van der Waals surface area (Å²) in [5, 5.41) is 4.82. The van der Waals surface area contributed by atoms with Gasteiger partial charge in [0, 0.05) is 35.2 Å². The van der Waals surface area contributed by atoms with Gasteiger partial charge in [-0.05, 0) is 47.5 Å². The average Bonchev–Trinajstić information content (AvgIpc) is 2.84. The number of aromatic nitrogens is 1. The molecule has 1 aliphatic rings. The van der Waals surface area contributed by atoms with E-state index < -0.39 is 0 Å². The van der Waals surface area contributed by atoms with Crippen LogP contribution in [0, 0.1) is 12.3 Å². The lowest BCUT2D eigenvalue weighted by atomic mass is 9.77. The van der Waals surface area contributed by atoms with Crippen molar-refractivity contribution in [1.82, 2.24) is 10.3 Å². The van der Waals surface area contributed by atoms with Gasteiger partial charge in [0.15, 0.2) is 0 Å². The van der Waals surface area contributed by atoms with E-state index in [0.717, 1.165) is 31.0 Å². The Morgan fingerprint density at radius 3 is 2.74 bits per heavy atom. The van der Waals surface area contributed by atoms with Crippen LogP contribution in [0.25, 0.3) is 0 Å². The SMILES string of the molecule is Cc1ncc(CC2(CNC(C)(C)C)CCOC2C)s1. The second kappa shape index (κ2) is 5.51. The molecule has 1 N–H and O–H groups in total. The summed E-state index contributed by atoms with van der Waals surface area (Å²) >= 11 is 1.81. The van der Waals surface area contributed by atoms with Crippen LogP contribution in [0.3, 0.4) is 0 Å². The Morgan fingerprint density at radius 2 is 2.26 bits per heavy atom. The van der Waals surface area contributed by atoms with Crippen LogP contribution >= 0.6 is 11.3 Å². The van der Waals surface area contributed by atoms with Crippen molar-refractivity contribution in [2.24, 2.45) is 5.41 Å². The van der Waals surface area contributed by atoms with Crippen molar-refractivity contribution in [1.29, 1.82) is 0 Å². The predicted octanol–water partition coefficient (Wildman–Crippen LogP) is 3.18. The Balaban J connectivity index is 2.11. The van der Waals surface area contributed by atoms with Gasteiger partial charge in [0.2, 0.25) is 0 Å². The maximum atomic E-state index is 5.86. The molecule has 0 aliphatic carbocycles. The zero-order valence-electron chi connectivity index (χ0n) is 12.7. The normalized spacial score (nSPS) is 27.9. The summed E-state index contributed by atoms with van der Waals surface area (Å²) in [7, 11) is 0. The fraction of sp³-hybridized carbons (Fsp3) is 0.800. The maximum absolute atomic E-state index is 5.86. The van der Waals surface area contributed by atoms with Gasteiger partial charge >= 0.3 is 0 Å². The van der Waals surface area contributed by atoms with Crippen LogP contribution < -0.4 is 5.32 Å². The summed E-state index contributed by atoms with van der Waals surface area (Å²) in [6.07, 6.45) is 4.55. The largest absolute Gasteiger partial charge is 0.378 e. The molecule has 2 unspecified atom stereocenters. The van der Waals surface area contributed by atoms with Crippen LogP contribution in [-0.2, 0) is 11.2 Å². The van der Waals surface area contributed by atoms with Crippen LogP contribution in [0.5, 0.6) is 0 Å². The van der Waals surface area contributed by atoms with Gasteiger partial charge in [-0.15, -0.1) is 11.3 Å². The zero-order chi connectivity index (χ0) is 14.1. The smallest absolute Gasteiger partial charge is 0.0896 e. The van der Waals surface area contributed by atoms with Crippen LogP contribution in [0.1, 0.15) is 44.0 Å². The predicted molar refractivity (Wildman–Crippen MR) is 80.8 cm³/mol. The highest BCUT2D eigenvalue weighted by atomic mass is 32.1. The Bertz CT molecular complexity index is 424. The number of rotatable bonds is 4. The molecule has 0 radical (unpaired) electrons. The van der Waals surface area contributed by atoms with E-state index in [-0.39, 0.29) is 11.0 Å². The molecule has 1 aromatic heterocycles. The Kier molecular flexibility index (Phi) is 4.33. The molecule has 1 fully saturated rings. The molecule has 108 valence electrons. The first kappa shape index (κ1) is 14.9. The van der Waals surface area contributed by atoms with E-state index in [4.69, 9.17) is 4.74 Å². The molecule has 0 aromatic carbocycles. The molecule has 19 heavy (non-hydrogen) atoms. The van der Waals surface area contributed by atoms with Gasteiger partial charge in [-0.2, -0.15) is 0 Å². The van der Waals surface area contributed by atoms with Crippen LogP contribution in [0.2, 0.25) is 0 Å². The summed E-state index contributed by atoms with van der Waals surface area (Å²) in [5.41, 5.74) is 0.366. The molecule has 2 heterocycles. The highest BCUT2D eigenvalue weighted by molar-refractivity contribution is 7.11. The van der Waals surface area contributed by atoms with Gasteiger partial charge in [0.1, 0.15) is 0 Å². The Hall–Kier alpha value is -0.450. The summed E-state index contributed by atoms with van der Waals surface area (Å²) in [6.45, 7) is 12.8. The van der Waals surface area contributed by atoms with Crippen molar-refractivity contribution in [2.75, 3.05) is 13.2 Å². The van der Waals surface area contributed by atoms with Crippen molar-refractivity contribution in [2.45, 2.75) is 59.1 Å². The molecular weight excluding hydrogens is 256 g/mol. The number of aryl methyl sites for hydroxylation is 1. The minimum absolute atomic E-state index is 0.152. The maximum Gasteiger partial charge on any atom is 0.0896 e. The van der Waals surface area contributed by atoms with E-state index in [9.17, 15) is 0 Å². The number of hydrogen-bond donors (Lipinski definition) is 1. The van der Waals surface area contributed by atoms with E-state index in [1.165, 1.54) is 4.88 Å². The van der Waals surface area contributed by atoms with Crippen molar-refractivity contribution in [3.8, 4) is 0 Å². The molecule has 1 saturated heterocycles. The molecule has 3 nitrogen and oxygen atoms in total. The van der Waals surface area contributed by atoms with Crippen molar-refractivity contribution >= 4 is 11.3 Å². The van der Waals surface area contributed by atoms with Crippen molar-refractivity contribution < 1.29 is 4.74 Å². The monoisotopic (exact) mass is 282 g/mol. The van der Waals surface area contributed by atoms with Crippen LogP contribution in [0.15, 0.2) is 6.20 Å². The molecule has 4 heteroatoms. The fourth-order valence-electron chi connectivity index (χ4n) is 2.62. The van der Waals surface area contributed by atoms with Gasteiger partial charge in [-0.1, -0.05) is 0 Å². The lowest BCUT2D eigenvalue weighted by Gasteiger charge is -2.35. The second-order valence-corrected chi connectivity index (χ2v) is 8.07. The number of thiazole rings is 1. The third-order valence-electron chi connectivity index (χ3n) is 4.00. The molecule has 0 spiro atoms. The first-order valence-electron chi connectivity index (χ1n) is 7.09. The zero-order valence-corrected chi connectivity index (χ0v) is 13.6.